The van der Waals surface area contributed by atoms with Crippen molar-refractivity contribution in [3.05, 3.63) is 47.0 Å². The van der Waals surface area contributed by atoms with Gasteiger partial charge < -0.3 is 5.73 Å². The summed E-state index contributed by atoms with van der Waals surface area (Å²) in [7, 11) is 0. The Labute approximate surface area is 128 Å². The first-order chi connectivity index (χ1) is 9.35. The van der Waals surface area contributed by atoms with Gasteiger partial charge in [-0.2, -0.15) is 0 Å². The molecule has 1 aromatic rings. The molecule has 0 fully saturated rings. The van der Waals surface area contributed by atoms with Crippen LogP contribution in [0.15, 0.2) is 36.4 Å². The van der Waals surface area contributed by atoms with E-state index in [-0.39, 0.29) is 6.04 Å². The lowest BCUT2D eigenvalue weighted by atomic mass is 9.79. The molecule has 0 heterocycles. The Morgan fingerprint density at radius 3 is 2.20 bits per heavy atom. The molecule has 0 aliphatic rings. The second kappa shape index (κ2) is 7.26. The summed E-state index contributed by atoms with van der Waals surface area (Å²) in [5.74, 6) is 0. The van der Waals surface area contributed by atoms with Crippen LogP contribution >= 0.6 is 11.6 Å². The fourth-order valence-electron chi connectivity index (χ4n) is 2.85. The highest BCUT2D eigenvalue weighted by Gasteiger charge is 2.36. The van der Waals surface area contributed by atoms with E-state index in [0.29, 0.717) is 0 Å². The van der Waals surface area contributed by atoms with E-state index in [1.165, 1.54) is 0 Å². The third kappa shape index (κ3) is 3.85. The smallest absolute Gasteiger partial charge is 0.0601 e. The predicted octanol–water partition coefficient (Wildman–Crippen LogP) is 4.19. The lowest BCUT2D eigenvalue weighted by Gasteiger charge is -2.42. The number of benzene rings is 1. The number of hydrogen-bond acceptors (Lipinski definition) is 2. The lowest BCUT2D eigenvalue weighted by molar-refractivity contribution is 0.142. The van der Waals surface area contributed by atoms with Gasteiger partial charge in [-0.15, -0.1) is 6.58 Å². The van der Waals surface area contributed by atoms with Gasteiger partial charge in [0.25, 0.3) is 0 Å². The van der Waals surface area contributed by atoms with Gasteiger partial charge in [-0.1, -0.05) is 43.2 Å². The number of halogens is 1. The molecular weight excluding hydrogens is 268 g/mol. The monoisotopic (exact) mass is 294 g/mol. The maximum absolute atomic E-state index is 6.82. The van der Waals surface area contributed by atoms with E-state index in [1.807, 2.05) is 31.2 Å². The minimum absolute atomic E-state index is 0.232. The summed E-state index contributed by atoms with van der Waals surface area (Å²) in [6.45, 7) is 14.6. The van der Waals surface area contributed by atoms with Crippen molar-refractivity contribution in [3.8, 4) is 0 Å². The molecule has 0 aliphatic carbocycles. The number of rotatable bonds is 7. The molecule has 0 saturated carbocycles. The van der Waals surface area contributed by atoms with Crippen LogP contribution in [0.3, 0.4) is 0 Å². The predicted molar refractivity (Wildman–Crippen MR) is 89.1 cm³/mol. The minimum Gasteiger partial charge on any atom is -0.320 e. The van der Waals surface area contributed by atoms with Crippen molar-refractivity contribution in [2.75, 3.05) is 13.1 Å². The van der Waals surface area contributed by atoms with Crippen LogP contribution in [-0.4, -0.2) is 24.0 Å². The summed E-state index contributed by atoms with van der Waals surface area (Å²) in [4.78, 5) is 2.39. The summed E-state index contributed by atoms with van der Waals surface area (Å²) in [6.07, 6.45) is 0.770. The Morgan fingerprint density at radius 2 is 1.80 bits per heavy atom. The molecule has 0 saturated heterocycles. The van der Waals surface area contributed by atoms with Gasteiger partial charge in [-0.3, -0.25) is 4.90 Å². The molecule has 2 nitrogen and oxygen atoms in total. The second-order valence-electron chi connectivity index (χ2n) is 5.58. The first-order valence-electron chi connectivity index (χ1n) is 7.28. The summed E-state index contributed by atoms with van der Waals surface area (Å²) in [5.41, 5.74) is 8.59. The average Bonchev–Trinajstić information content (AvgIpc) is 2.39. The highest BCUT2D eigenvalue weighted by Crippen LogP contribution is 2.32. The Hall–Kier alpha value is -0.830. The van der Waals surface area contributed by atoms with Gasteiger partial charge >= 0.3 is 0 Å². The van der Waals surface area contributed by atoms with Crippen molar-refractivity contribution in [1.29, 1.82) is 0 Å². The van der Waals surface area contributed by atoms with Crippen molar-refractivity contribution >= 4 is 11.6 Å². The molecule has 2 atom stereocenters. The molecule has 112 valence electrons. The number of nitrogens with zero attached hydrogens (tertiary/aromatic N) is 1. The Balaban J connectivity index is 3.20. The van der Waals surface area contributed by atoms with Crippen LogP contribution in [-0.2, 0) is 5.54 Å². The van der Waals surface area contributed by atoms with E-state index < -0.39 is 5.54 Å². The maximum Gasteiger partial charge on any atom is 0.0601 e. The zero-order chi connectivity index (χ0) is 15.3. The van der Waals surface area contributed by atoms with Crippen molar-refractivity contribution in [1.82, 2.24) is 4.90 Å². The summed E-state index contributed by atoms with van der Waals surface area (Å²) in [6, 6.07) is 8.12. The van der Waals surface area contributed by atoms with Crippen LogP contribution in [0.25, 0.3) is 0 Å². The molecule has 2 unspecified atom stereocenters. The second-order valence-corrected chi connectivity index (χ2v) is 6.01. The standard InChI is InChI=1S/C17H27ClN2/c1-6-20(7-2)14(5)17(19,12-13(3)4)15-8-10-16(18)11-9-15/h8-11,14H,3,6-7,12,19H2,1-2,4-5H3. The SMILES string of the molecule is C=C(C)CC(N)(c1ccc(Cl)cc1)C(C)N(CC)CC. The fourth-order valence-corrected chi connectivity index (χ4v) is 2.97. The normalized spacial score (nSPS) is 15.9. The van der Waals surface area contributed by atoms with Crippen LogP contribution in [0.5, 0.6) is 0 Å². The van der Waals surface area contributed by atoms with Crippen molar-refractivity contribution in [3.63, 3.8) is 0 Å². The summed E-state index contributed by atoms with van der Waals surface area (Å²) < 4.78 is 0. The number of likely N-dealkylation sites (N-methyl/N-ethyl adjacent to an activating group) is 1. The zero-order valence-corrected chi connectivity index (χ0v) is 13.9. The molecule has 0 spiro atoms. The first kappa shape index (κ1) is 17.2. The van der Waals surface area contributed by atoms with Gasteiger partial charge in [0.15, 0.2) is 0 Å². The number of nitrogens with two attached hydrogens (primary N) is 1. The molecule has 3 heteroatoms. The lowest BCUT2D eigenvalue weighted by Crippen LogP contribution is -2.54. The molecule has 0 bridgehead atoms. The van der Waals surface area contributed by atoms with E-state index in [4.69, 9.17) is 17.3 Å². The van der Waals surface area contributed by atoms with Crippen LogP contribution < -0.4 is 5.73 Å². The van der Waals surface area contributed by atoms with Gasteiger partial charge in [0.1, 0.15) is 0 Å². The van der Waals surface area contributed by atoms with E-state index >= 15 is 0 Å². The topological polar surface area (TPSA) is 29.3 Å². The Morgan fingerprint density at radius 1 is 1.30 bits per heavy atom. The van der Waals surface area contributed by atoms with Crippen LogP contribution in [0.2, 0.25) is 5.02 Å². The molecule has 1 aromatic carbocycles. The quantitative estimate of drug-likeness (QED) is 0.764. The van der Waals surface area contributed by atoms with E-state index in [0.717, 1.165) is 35.7 Å². The van der Waals surface area contributed by atoms with Gasteiger partial charge in [0.2, 0.25) is 0 Å². The van der Waals surface area contributed by atoms with Crippen LogP contribution in [0.4, 0.5) is 0 Å². The third-order valence-corrected chi connectivity index (χ3v) is 4.33. The van der Waals surface area contributed by atoms with Gasteiger partial charge in [-0.05, 0) is 51.1 Å². The summed E-state index contributed by atoms with van der Waals surface area (Å²) >= 11 is 6.00. The molecular formula is C17H27ClN2. The first-order valence-corrected chi connectivity index (χ1v) is 7.66. The molecule has 0 radical (unpaired) electrons. The fraction of sp³-hybridized carbons (Fsp3) is 0.529. The molecule has 0 aromatic heterocycles. The molecule has 20 heavy (non-hydrogen) atoms. The maximum atomic E-state index is 6.82. The number of hydrogen-bond donors (Lipinski definition) is 1. The Kier molecular flexibility index (Phi) is 6.25. The van der Waals surface area contributed by atoms with E-state index in [1.54, 1.807) is 0 Å². The van der Waals surface area contributed by atoms with Crippen LogP contribution in [0, 0.1) is 0 Å². The molecule has 0 aliphatic heterocycles. The van der Waals surface area contributed by atoms with Crippen molar-refractivity contribution in [2.45, 2.75) is 45.7 Å². The molecule has 0 amide bonds. The van der Waals surface area contributed by atoms with E-state index in [2.05, 4.69) is 32.3 Å². The van der Waals surface area contributed by atoms with Crippen molar-refractivity contribution in [2.24, 2.45) is 5.73 Å². The van der Waals surface area contributed by atoms with Gasteiger partial charge in [0, 0.05) is 11.1 Å². The van der Waals surface area contributed by atoms with Crippen molar-refractivity contribution < 1.29 is 0 Å². The third-order valence-electron chi connectivity index (χ3n) is 4.08. The largest absolute Gasteiger partial charge is 0.320 e. The minimum atomic E-state index is -0.442. The zero-order valence-electron chi connectivity index (χ0n) is 13.1. The molecule has 1 rings (SSSR count). The highest BCUT2D eigenvalue weighted by atomic mass is 35.5. The summed E-state index contributed by atoms with van der Waals surface area (Å²) in [5, 5.41) is 0.738. The van der Waals surface area contributed by atoms with Crippen LogP contribution in [0.1, 0.15) is 39.7 Å². The average molecular weight is 295 g/mol. The highest BCUT2D eigenvalue weighted by molar-refractivity contribution is 6.30. The van der Waals surface area contributed by atoms with E-state index in [9.17, 15) is 0 Å². The van der Waals surface area contributed by atoms with Gasteiger partial charge in [0.05, 0.1) is 5.54 Å². The van der Waals surface area contributed by atoms with Gasteiger partial charge in [-0.25, -0.2) is 0 Å². The Bertz CT molecular complexity index is 437. The molecule has 2 N–H and O–H groups in total.